The summed E-state index contributed by atoms with van der Waals surface area (Å²) < 4.78 is 13.9. The van der Waals surface area contributed by atoms with E-state index in [-0.39, 0.29) is 24.2 Å². The number of carbonyl (C=O) groups excluding carboxylic acids is 2. The highest BCUT2D eigenvalue weighted by Crippen LogP contribution is 2.28. The largest absolute Gasteiger partial charge is 0.342 e. The predicted molar refractivity (Wildman–Crippen MR) is 110 cm³/mol. The van der Waals surface area contributed by atoms with Gasteiger partial charge in [-0.2, -0.15) is 0 Å². The Balaban J connectivity index is 1.57. The van der Waals surface area contributed by atoms with Crippen molar-refractivity contribution < 1.29 is 14.0 Å². The Morgan fingerprint density at radius 3 is 2.52 bits per heavy atom. The normalized spacial score (nSPS) is 10.5. The van der Waals surface area contributed by atoms with E-state index in [9.17, 15) is 14.0 Å². The van der Waals surface area contributed by atoms with Crippen LogP contribution in [-0.4, -0.2) is 18.4 Å². The van der Waals surface area contributed by atoms with Gasteiger partial charge in [0.2, 0.25) is 5.91 Å². The summed E-state index contributed by atoms with van der Waals surface area (Å²) in [6.45, 7) is 1.76. The molecule has 3 rings (SSSR count). The summed E-state index contributed by atoms with van der Waals surface area (Å²) in [6.07, 6.45) is 0. The van der Waals surface area contributed by atoms with E-state index < -0.39 is 0 Å². The van der Waals surface area contributed by atoms with Crippen LogP contribution in [0.1, 0.15) is 15.2 Å². The molecule has 27 heavy (non-hydrogen) atoms. The zero-order valence-electron chi connectivity index (χ0n) is 14.4. The van der Waals surface area contributed by atoms with E-state index in [1.165, 1.54) is 23.5 Å². The van der Waals surface area contributed by atoms with Crippen LogP contribution < -0.4 is 10.6 Å². The molecule has 138 valence electrons. The first-order chi connectivity index (χ1) is 12.9. The van der Waals surface area contributed by atoms with Gasteiger partial charge in [0, 0.05) is 15.0 Å². The molecule has 2 N–H and O–H groups in total. The summed E-state index contributed by atoms with van der Waals surface area (Å²) in [4.78, 5) is 25.7. The first-order valence-corrected chi connectivity index (χ1v) is 9.73. The average Bonchev–Trinajstić information content (AvgIpc) is 3.13. The molecular weight excluding hydrogens is 431 g/mol. The number of halogens is 2. The van der Waals surface area contributed by atoms with Crippen LogP contribution in [0.4, 0.5) is 10.1 Å². The Labute approximate surface area is 168 Å². The molecule has 0 spiro atoms. The lowest BCUT2D eigenvalue weighted by atomic mass is 10.2. The van der Waals surface area contributed by atoms with Gasteiger partial charge in [-0.3, -0.25) is 9.59 Å². The van der Waals surface area contributed by atoms with Gasteiger partial charge in [-0.1, -0.05) is 28.1 Å². The number of rotatable bonds is 5. The van der Waals surface area contributed by atoms with Crippen LogP contribution in [0.2, 0.25) is 0 Å². The smallest absolute Gasteiger partial charge is 0.261 e. The molecule has 2 amide bonds. The Kier molecular flexibility index (Phi) is 6.03. The highest BCUT2D eigenvalue weighted by atomic mass is 79.9. The molecule has 0 aliphatic heterocycles. The second kappa shape index (κ2) is 8.45. The maximum absolute atomic E-state index is 13.0. The Morgan fingerprint density at radius 2 is 1.81 bits per heavy atom. The number of benzene rings is 2. The topological polar surface area (TPSA) is 58.2 Å². The lowest BCUT2D eigenvalue weighted by molar-refractivity contribution is -0.115. The van der Waals surface area contributed by atoms with E-state index in [2.05, 4.69) is 26.6 Å². The van der Waals surface area contributed by atoms with E-state index in [1.807, 2.05) is 19.1 Å². The monoisotopic (exact) mass is 446 g/mol. The fourth-order valence-electron chi connectivity index (χ4n) is 2.44. The Hall–Kier alpha value is -2.51. The summed E-state index contributed by atoms with van der Waals surface area (Å²) in [5, 5.41) is 5.39. The van der Waals surface area contributed by atoms with Crippen molar-refractivity contribution in [1.82, 2.24) is 5.32 Å². The second-order valence-electron chi connectivity index (χ2n) is 5.86. The van der Waals surface area contributed by atoms with E-state index in [4.69, 9.17) is 0 Å². The predicted octanol–water partition coefficient (Wildman–Crippen LogP) is 4.99. The minimum Gasteiger partial charge on any atom is -0.342 e. The number of thiophene rings is 1. The first-order valence-electron chi connectivity index (χ1n) is 8.12. The van der Waals surface area contributed by atoms with Crippen molar-refractivity contribution >= 4 is 44.8 Å². The van der Waals surface area contributed by atoms with Crippen LogP contribution in [-0.2, 0) is 4.79 Å². The summed E-state index contributed by atoms with van der Waals surface area (Å²) >= 11 is 4.66. The summed E-state index contributed by atoms with van der Waals surface area (Å²) in [6, 6.07) is 15.1. The summed E-state index contributed by atoms with van der Waals surface area (Å²) in [5.74, 6) is -0.930. The second-order valence-corrected chi connectivity index (χ2v) is 7.86. The lowest BCUT2D eigenvalue weighted by Gasteiger charge is -2.09. The van der Waals surface area contributed by atoms with E-state index in [0.717, 1.165) is 20.5 Å². The Morgan fingerprint density at radius 1 is 1.07 bits per heavy atom. The standard InChI is InChI=1S/C20H16BrFN2O2S/c1-12-10-14(21)4-7-16(12)24-19(25)11-23-20(26)18-9-8-17(27-18)13-2-5-15(22)6-3-13/h2-10H,11H2,1H3,(H,23,26)(H,24,25). The van der Waals surface area contributed by atoms with Crippen LogP contribution in [0.25, 0.3) is 10.4 Å². The molecule has 0 unspecified atom stereocenters. The van der Waals surface area contributed by atoms with Gasteiger partial charge >= 0.3 is 0 Å². The van der Waals surface area contributed by atoms with Gasteiger partial charge in [-0.05, 0) is 60.5 Å². The molecule has 0 atom stereocenters. The molecular formula is C20H16BrFN2O2S. The molecule has 4 nitrogen and oxygen atoms in total. The van der Waals surface area contributed by atoms with Crippen LogP contribution in [0.3, 0.4) is 0 Å². The van der Waals surface area contributed by atoms with E-state index in [0.29, 0.717) is 10.6 Å². The maximum Gasteiger partial charge on any atom is 0.261 e. The molecule has 7 heteroatoms. The van der Waals surface area contributed by atoms with Crippen molar-refractivity contribution in [2.24, 2.45) is 0 Å². The molecule has 0 fully saturated rings. The van der Waals surface area contributed by atoms with Crippen molar-refractivity contribution in [3.63, 3.8) is 0 Å². The molecule has 2 aromatic carbocycles. The molecule has 0 bridgehead atoms. The third kappa shape index (κ3) is 5.02. The minimum absolute atomic E-state index is 0.127. The van der Waals surface area contributed by atoms with Crippen molar-refractivity contribution in [2.75, 3.05) is 11.9 Å². The third-order valence-corrected chi connectivity index (χ3v) is 5.46. The average molecular weight is 447 g/mol. The summed E-state index contributed by atoms with van der Waals surface area (Å²) in [7, 11) is 0. The molecule has 3 aromatic rings. The van der Waals surface area contributed by atoms with E-state index >= 15 is 0 Å². The lowest BCUT2D eigenvalue weighted by Crippen LogP contribution is -2.32. The molecule has 1 aromatic heterocycles. The number of aryl methyl sites for hydroxylation is 1. The van der Waals surface area contributed by atoms with Crippen LogP contribution in [0.15, 0.2) is 59.1 Å². The van der Waals surface area contributed by atoms with Crippen LogP contribution >= 0.6 is 27.3 Å². The SMILES string of the molecule is Cc1cc(Br)ccc1NC(=O)CNC(=O)c1ccc(-c2ccc(F)cc2)s1. The van der Waals surface area contributed by atoms with Crippen LogP contribution in [0.5, 0.6) is 0 Å². The van der Waals surface area contributed by atoms with E-state index in [1.54, 1.807) is 30.3 Å². The zero-order chi connectivity index (χ0) is 19.4. The molecule has 0 aliphatic carbocycles. The first kappa shape index (κ1) is 19.3. The number of hydrogen-bond acceptors (Lipinski definition) is 3. The van der Waals surface area contributed by atoms with Crippen molar-refractivity contribution in [3.05, 3.63) is 75.3 Å². The highest BCUT2D eigenvalue weighted by molar-refractivity contribution is 9.10. The van der Waals surface area contributed by atoms with Gasteiger partial charge in [0.05, 0.1) is 11.4 Å². The fraction of sp³-hybridized carbons (Fsp3) is 0.100. The molecule has 1 heterocycles. The Bertz CT molecular complexity index is 986. The maximum atomic E-state index is 13.0. The zero-order valence-corrected chi connectivity index (χ0v) is 16.8. The van der Waals surface area contributed by atoms with Crippen molar-refractivity contribution in [1.29, 1.82) is 0 Å². The number of nitrogens with one attached hydrogen (secondary N) is 2. The van der Waals surface area contributed by atoms with Gasteiger partial charge in [-0.15, -0.1) is 11.3 Å². The number of carbonyl (C=O) groups is 2. The highest BCUT2D eigenvalue weighted by Gasteiger charge is 2.12. The van der Waals surface area contributed by atoms with Crippen molar-refractivity contribution in [2.45, 2.75) is 6.92 Å². The third-order valence-electron chi connectivity index (χ3n) is 3.83. The summed E-state index contributed by atoms with van der Waals surface area (Å²) in [5.41, 5.74) is 2.46. The van der Waals surface area contributed by atoms with Gasteiger partial charge in [-0.25, -0.2) is 4.39 Å². The van der Waals surface area contributed by atoms with Crippen molar-refractivity contribution in [3.8, 4) is 10.4 Å². The fourth-order valence-corrected chi connectivity index (χ4v) is 3.84. The van der Waals surface area contributed by atoms with Gasteiger partial charge in [0.15, 0.2) is 0 Å². The van der Waals surface area contributed by atoms with Crippen LogP contribution in [0, 0.1) is 12.7 Å². The molecule has 0 aliphatic rings. The number of hydrogen-bond donors (Lipinski definition) is 2. The molecule has 0 saturated heterocycles. The quantitative estimate of drug-likeness (QED) is 0.579. The van der Waals surface area contributed by atoms with Gasteiger partial charge < -0.3 is 10.6 Å². The number of anilines is 1. The minimum atomic E-state index is -0.323. The molecule has 0 saturated carbocycles. The van der Waals surface area contributed by atoms with Gasteiger partial charge in [0.25, 0.3) is 5.91 Å². The van der Waals surface area contributed by atoms with Gasteiger partial charge in [0.1, 0.15) is 5.82 Å². The molecule has 0 radical (unpaired) electrons. The number of amides is 2.